The third-order valence-electron chi connectivity index (χ3n) is 1.83. The standard InChI is InChI=1S/C11H16OS/c1-10(7-12)8-13-9-11-5-3-2-4-6-11/h2-6,10,12H,7-9H2,1H3. The van der Waals surface area contributed by atoms with E-state index in [1.807, 2.05) is 17.8 Å². The lowest BCUT2D eigenvalue weighted by Crippen LogP contribution is -2.03. The first-order valence-corrected chi connectivity index (χ1v) is 5.71. The highest BCUT2D eigenvalue weighted by Gasteiger charge is 1.99. The third-order valence-corrected chi connectivity index (χ3v) is 3.17. The van der Waals surface area contributed by atoms with Crippen LogP contribution in [0.1, 0.15) is 12.5 Å². The van der Waals surface area contributed by atoms with Gasteiger partial charge in [-0.25, -0.2) is 0 Å². The van der Waals surface area contributed by atoms with E-state index in [4.69, 9.17) is 5.11 Å². The molecule has 0 amide bonds. The summed E-state index contributed by atoms with van der Waals surface area (Å²) >= 11 is 1.88. The Kier molecular flexibility index (Phi) is 4.94. The SMILES string of the molecule is CC(CO)CSCc1ccccc1. The van der Waals surface area contributed by atoms with Gasteiger partial charge in [0.25, 0.3) is 0 Å². The van der Waals surface area contributed by atoms with Crippen molar-refractivity contribution in [1.82, 2.24) is 0 Å². The number of thioether (sulfide) groups is 1. The Balaban J connectivity index is 2.20. The fraction of sp³-hybridized carbons (Fsp3) is 0.455. The highest BCUT2D eigenvalue weighted by molar-refractivity contribution is 7.98. The van der Waals surface area contributed by atoms with E-state index in [1.165, 1.54) is 5.56 Å². The monoisotopic (exact) mass is 196 g/mol. The van der Waals surface area contributed by atoms with Gasteiger partial charge in [0.05, 0.1) is 0 Å². The Bertz CT molecular complexity index is 223. The molecule has 0 heterocycles. The zero-order valence-electron chi connectivity index (χ0n) is 7.94. The molecule has 2 heteroatoms. The minimum Gasteiger partial charge on any atom is -0.396 e. The van der Waals surface area contributed by atoms with Gasteiger partial charge < -0.3 is 5.11 Å². The minimum atomic E-state index is 0.293. The second-order valence-electron chi connectivity index (χ2n) is 3.29. The smallest absolute Gasteiger partial charge is 0.0464 e. The van der Waals surface area contributed by atoms with Crippen LogP contribution in [0.2, 0.25) is 0 Å². The van der Waals surface area contributed by atoms with Crippen molar-refractivity contribution in [3.63, 3.8) is 0 Å². The predicted octanol–water partition coefficient (Wildman–Crippen LogP) is 2.55. The van der Waals surface area contributed by atoms with Crippen LogP contribution >= 0.6 is 11.8 Å². The van der Waals surface area contributed by atoms with Gasteiger partial charge >= 0.3 is 0 Å². The van der Waals surface area contributed by atoms with Gasteiger partial charge in [-0.15, -0.1) is 0 Å². The molecule has 0 radical (unpaired) electrons. The lowest BCUT2D eigenvalue weighted by molar-refractivity contribution is 0.250. The summed E-state index contributed by atoms with van der Waals surface area (Å²) in [5.41, 5.74) is 1.36. The summed E-state index contributed by atoms with van der Waals surface area (Å²) < 4.78 is 0. The van der Waals surface area contributed by atoms with E-state index in [1.54, 1.807) is 0 Å². The summed E-state index contributed by atoms with van der Waals surface area (Å²) in [5.74, 6) is 2.49. The van der Waals surface area contributed by atoms with E-state index in [9.17, 15) is 0 Å². The molecular formula is C11H16OS. The van der Waals surface area contributed by atoms with E-state index in [-0.39, 0.29) is 0 Å². The molecule has 0 aliphatic heterocycles. The molecule has 1 aromatic carbocycles. The van der Waals surface area contributed by atoms with Crippen molar-refractivity contribution in [2.24, 2.45) is 5.92 Å². The number of aliphatic hydroxyl groups excluding tert-OH is 1. The number of rotatable bonds is 5. The Morgan fingerprint density at radius 2 is 2.00 bits per heavy atom. The molecule has 72 valence electrons. The second kappa shape index (κ2) is 6.06. The zero-order valence-corrected chi connectivity index (χ0v) is 8.76. The van der Waals surface area contributed by atoms with Gasteiger partial charge in [-0.05, 0) is 17.2 Å². The zero-order chi connectivity index (χ0) is 9.52. The molecule has 0 saturated carbocycles. The van der Waals surface area contributed by atoms with Gasteiger partial charge in [0.1, 0.15) is 0 Å². The average molecular weight is 196 g/mol. The van der Waals surface area contributed by atoms with E-state index >= 15 is 0 Å². The molecule has 0 spiro atoms. The molecule has 0 aromatic heterocycles. The van der Waals surface area contributed by atoms with Gasteiger partial charge in [0.15, 0.2) is 0 Å². The van der Waals surface area contributed by atoms with Crippen LogP contribution in [0.25, 0.3) is 0 Å². The first-order chi connectivity index (χ1) is 6.33. The lowest BCUT2D eigenvalue weighted by atomic mass is 10.2. The molecule has 13 heavy (non-hydrogen) atoms. The quantitative estimate of drug-likeness (QED) is 0.781. The molecular weight excluding hydrogens is 180 g/mol. The fourth-order valence-corrected chi connectivity index (χ4v) is 2.06. The molecule has 1 unspecified atom stereocenters. The molecule has 0 aliphatic rings. The van der Waals surface area contributed by atoms with Crippen molar-refractivity contribution >= 4 is 11.8 Å². The highest BCUT2D eigenvalue weighted by Crippen LogP contribution is 2.14. The number of benzene rings is 1. The second-order valence-corrected chi connectivity index (χ2v) is 4.32. The Morgan fingerprint density at radius 3 is 2.62 bits per heavy atom. The van der Waals surface area contributed by atoms with Crippen LogP contribution in [-0.2, 0) is 5.75 Å². The van der Waals surface area contributed by atoms with E-state index in [0.717, 1.165) is 11.5 Å². The van der Waals surface area contributed by atoms with Crippen molar-refractivity contribution in [2.45, 2.75) is 12.7 Å². The van der Waals surface area contributed by atoms with Crippen LogP contribution in [-0.4, -0.2) is 17.5 Å². The Hall–Kier alpha value is -0.470. The van der Waals surface area contributed by atoms with Crippen molar-refractivity contribution in [1.29, 1.82) is 0 Å². The fourth-order valence-electron chi connectivity index (χ4n) is 1.00. The normalized spacial score (nSPS) is 12.8. The maximum Gasteiger partial charge on any atom is 0.0464 e. The minimum absolute atomic E-state index is 0.293. The number of hydrogen-bond donors (Lipinski definition) is 1. The van der Waals surface area contributed by atoms with Crippen LogP contribution in [0.4, 0.5) is 0 Å². The van der Waals surface area contributed by atoms with Crippen LogP contribution in [0, 0.1) is 5.92 Å². The van der Waals surface area contributed by atoms with Gasteiger partial charge in [0.2, 0.25) is 0 Å². The first-order valence-electron chi connectivity index (χ1n) is 4.55. The van der Waals surface area contributed by atoms with Crippen LogP contribution in [0.5, 0.6) is 0 Å². The molecule has 1 aromatic rings. The molecule has 1 N–H and O–H groups in total. The maximum atomic E-state index is 8.82. The van der Waals surface area contributed by atoms with E-state index < -0.39 is 0 Å². The van der Waals surface area contributed by atoms with E-state index in [2.05, 4.69) is 31.2 Å². The Morgan fingerprint density at radius 1 is 1.31 bits per heavy atom. The maximum absolute atomic E-state index is 8.82. The van der Waals surface area contributed by atoms with Crippen molar-refractivity contribution < 1.29 is 5.11 Å². The predicted molar refractivity (Wildman–Crippen MR) is 58.9 cm³/mol. The van der Waals surface area contributed by atoms with Gasteiger partial charge in [-0.1, -0.05) is 37.3 Å². The molecule has 1 atom stereocenters. The summed E-state index contributed by atoms with van der Waals surface area (Å²) in [5, 5.41) is 8.82. The van der Waals surface area contributed by atoms with Crippen molar-refractivity contribution in [3.05, 3.63) is 35.9 Å². The summed E-state index contributed by atoms with van der Waals surface area (Å²) in [6.45, 7) is 2.36. The first kappa shape index (κ1) is 10.6. The summed E-state index contributed by atoms with van der Waals surface area (Å²) in [6, 6.07) is 10.4. The third kappa shape index (κ3) is 4.34. The van der Waals surface area contributed by atoms with Gasteiger partial charge in [0, 0.05) is 12.4 Å². The number of hydrogen-bond acceptors (Lipinski definition) is 2. The van der Waals surface area contributed by atoms with Crippen molar-refractivity contribution in [3.8, 4) is 0 Å². The van der Waals surface area contributed by atoms with Crippen molar-refractivity contribution in [2.75, 3.05) is 12.4 Å². The molecule has 0 bridgehead atoms. The van der Waals surface area contributed by atoms with Crippen LogP contribution in [0.3, 0.4) is 0 Å². The molecule has 1 nitrogen and oxygen atoms in total. The van der Waals surface area contributed by atoms with Crippen LogP contribution in [0.15, 0.2) is 30.3 Å². The molecule has 0 saturated heterocycles. The molecule has 1 rings (SSSR count). The Labute approximate surface area is 84.2 Å². The average Bonchev–Trinajstić information content (AvgIpc) is 2.19. The summed E-state index contributed by atoms with van der Waals surface area (Å²) in [4.78, 5) is 0. The number of aliphatic hydroxyl groups is 1. The van der Waals surface area contributed by atoms with Crippen LogP contribution < -0.4 is 0 Å². The topological polar surface area (TPSA) is 20.2 Å². The summed E-state index contributed by atoms with van der Waals surface area (Å²) in [7, 11) is 0. The van der Waals surface area contributed by atoms with Gasteiger partial charge in [-0.3, -0.25) is 0 Å². The largest absolute Gasteiger partial charge is 0.396 e. The van der Waals surface area contributed by atoms with Gasteiger partial charge in [-0.2, -0.15) is 11.8 Å². The highest BCUT2D eigenvalue weighted by atomic mass is 32.2. The lowest BCUT2D eigenvalue weighted by Gasteiger charge is -2.06. The molecule has 0 aliphatic carbocycles. The van der Waals surface area contributed by atoms with E-state index in [0.29, 0.717) is 12.5 Å². The summed E-state index contributed by atoms with van der Waals surface area (Å²) in [6.07, 6.45) is 0. The molecule has 0 fully saturated rings.